The zero-order valence-electron chi connectivity index (χ0n) is 12.6. The first-order valence-corrected chi connectivity index (χ1v) is 7.63. The first kappa shape index (κ1) is 16.9. The Morgan fingerprint density at radius 2 is 2.26 bits per heavy atom. The van der Waals surface area contributed by atoms with Gasteiger partial charge in [0.1, 0.15) is 23.2 Å². The molecule has 1 aromatic carbocycles. The van der Waals surface area contributed by atoms with E-state index < -0.39 is 11.9 Å². The molecule has 1 aromatic rings. The second-order valence-electron chi connectivity index (χ2n) is 4.82. The van der Waals surface area contributed by atoms with E-state index in [2.05, 4.69) is 15.9 Å². The Labute approximate surface area is 141 Å². The fraction of sp³-hybridized carbons (Fsp3) is 0.250. The Morgan fingerprint density at radius 3 is 2.87 bits per heavy atom. The minimum atomic E-state index is -0.783. The highest BCUT2D eigenvalue weighted by atomic mass is 79.9. The van der Waals surface area contributed by atoms with Crippen molar-refractivity contribution in [1.82, 2.24) is 0 Å². The van der Waals surface area contributed by atoms with E-state index in [4.69, 9.17) is 15.2 Å². The van der Waals surface area contributed by atoms with Crippen molar-refractivity contribution in [3.05, 3.63) is 51.0 Å². The lowest BCUT2D eigenvalue weighted by Crippen LogP contribution is -2.25. The van der Waals surface area contributed by atoms with E-state index in [9.17, 15) is 15.2 Å². The normalized spacial score (nSPS) is 17.6. The van der Waals surface area contributed by atoms with Gasteiger partial charge in [-0.25, -0.2) is 4.79 Å². The van der Waals surface area contributed by atoms with Crippen LogP contribution in [0.3, 0.4) is 0 Å². The monoisotopic (exact) mass is 378 g/mol. The lowest BCUT2D eigenvalue weighted by Gasteiger charge is -2.27. The molecule has 0 saturated heterocycles. The van der Waals surface area contributed by atoms with Gasteiger partial charge in [-0.15, -0.1) is 0 Å². The van der Waals surface area contributed by atoms with Crippen LogP contribution in [0.5, 0.6) is 5.75 Å². The number of hydrogen-bond acceptors (Lipinski definition) is 6. The number of esters is 1. The predicted octanol–water partition coefficient (Wildman–Crippen LogP) is 2.80. The summed E-state index contributed by atoms with van der Waals surface area (Å²) in [7, 11) is 0. The number of rotatable bonds is 3. The third kappa shape index (κ3) is 3.17. The highest BCUT2D eigenvalue weighted by Gasteiger charge is 2.37. The second-order valence-corrected chi connectivity index (χ2v) is 5.68. The number of benzene rings is 1. The highest BCUT2D eigenvalue weighted by Crippen LogP contribution is 2.43. The molecule has 23 heavy (non-hydrogen) atoms. The summed E-state index contributed by atoms with van der Waals surface area (Å²) in [5.41, 5.74) is 6.60. The van der Waals surface area contributed by atoms with Gasteiger partial charge in [-0.05, 0) is 37.6 Å². The molecule has 1 aliphatic rings. The zero-order valence-corrected chi connectivity index (χ0v) is 14.2. The summed E-state index contributed by atoms with van der Waals surface area (Å²) >= 11 is 3.38. The number of hydrogen-bond donors (Lipinski definition) is 2. The van der Waals surface area contributed by atoms with Crippen LogP contribution in [0, 0.1) is 11.3 Å². The van der Waals surface area contributed by atoms with Gasteiger partial charge in [-0.1, -0.05) is 15.9 Å². The number of nitrogens with two attached hydrogens (primary N) is 1. The van der Waals surface area contributed by atoms with Gasteiger partial charge < -0.3 is 20.3 Å². The maximum absolute atomic E-state index is 12.3. The largest absolute Gasteiger partial charge is 0.508 e. The number of nitrogens with zero attached hydrogens (tertiary/aromatic N) is 1. The maximum Gasteiger partial charge on any atom is 0.338 e. The molecule has 0 amide bonds. The molecule has 1 heterocycles. The number of ether oxygens (including phenoxy) is 2. The molecule has 1 aliphatic heterocycles. The SMILES string of the molecule is CCOC(=O)C1=C(C)OC(N)=C(C#N)C1c1cc(O)ccc1Br. The van der Waals surface area contributed by atoms with Crippen molar-refractivity contribution in [2.75, 3.05) is 6.61 Å². The van der Waals surface area contributed by atoms with Gasteiger partial charge in [-0.3, -0.25) is 0 Å². The molecular formula is C16H15BrN2O4. The molecule has 1 unspecified atom stereocenters. The zero-order chi connectivity index (χ0) is 17.1. The van der Waals surface area contributed by atoms with Crippen molar-refractivity contribution in [2.24, 2.45) is 5.73 Å². The first-order chi connectivity index (χ1) is 10.9. The Kier molecular flexibility index (Phi) is 4.96. The Balaban J connectivity index is 2.69. The highest BCUT2D eigenvalue weighted by molar-refractivity contribution is 9.10. The van der Waals surface area contributed by atoms with Crippen molar-refractivity contribution in [2.45, 2.75) is 19.8 Å². The summed E-state index contributed by atoms with van der Waals surface area (Å²) in [6, 6.07) is 6.57. The fourth-order valence-corrected chi connectivity index (χ4v) is 2.89. The summed E-state index contributed by atoms with van der Waals surface area (Å²) < 4.78 is 11.0. The van der Waals surface area contributed by atoms with E-state index in [0.717, 1.165) is 0 Å². The summed E-state index contributed by atoms with van der Waals surface area (Å²) in [4.78, 5) is 12.3. The first-order valence-electron chi connectivity index (χ1n) is 6.84. The van der Waals surface area contributed by atoms with Crippen molar-refractivity contribution in [3.63, 3.8) is 0 Å². The van der Waals surface area contributed by atoms with Crippen LogP contribution in [0.15, 0.2) is 45.5 Å². The van der Waals surface area contributed by atoms with Gasteiger partial charge in [0.25, 0.3) is 0 Å². The molecule has 0 radical (unpaired) electrons. The van der Waals surface area contributed by atoms with Crippen molar-refractivity contribution in [3.8, 4) is 11.8 Å². The smallest absolute Gasteiger partial charge is 0.338 e. The van der Waals surface area contributed by atoms with Crippen LogP contribution in [0.2, 0.25) is 0 Å². The van der Waals surface area contributed by atoms with Gasteiger partial charge >= 0.3 is 5.97 Å². The number of nitriles is 1. The van der Waals surface area contributed by atoms with Crippen molar-refractivity contribution >= 4 is 21.9 Å². The van der Waals surface area contributed by atoms with Gasteiger partial charge in [-0.2, -0.15) is 5.26 Å². The average Bonchev–Trinajstić information content (AvgIpc) is 2.49. The van der Waals surface area contributed by atoms with Crippen LogP contribution in [0.1, 0.15) is 25.3 Å². The predicted molar refractivity (Wildman–Crippen MR) is 85.8 cm³/mol. The van der Waals surface area contributed by atoms with Gasteiger partial charge in [0.2, 0.25) is 5.88 Å². The van der Waals surface area contributed by atoms with Crippen LogP contribution in [-0.4, -0.2) is 17.7 Å². The van der Waals surface area contributed by atoms with E-state index in [1.54, 1.807) is 19.9 Å². The summed E-state index contributed by atoms with van der Waals surface area (Å²) in [6.07, 6.45) is 0. The average molecular weight is 379 g/mol. The molecule has 0 bridgehead atoms. The summed E-state index contributed by atoms with van der Waals surface area (Å²) in [5.74, 6) is -1.18. The molecule has 0 saturated carbocycles. The second kappa shape index (κ2) is 6.75. The topological polar surface area (TPSA) is 106 Å². The number of allylic oxidation sites excluding steroid dienone is 2. The minimum Gasteiger partial charge on any atom is -0.508 e. The molecule has 1 atom stereocenters. The van der Waals surface area contributed by atoms with Crippen molar-refractivity contribution in [1.29, 1.82) is 5.26 Å². The number of phenols is 1. The standard InChI is InChI=1S/C16H15BrN2O4/c1-3-22-16(21)13-8(2)23-15(19)11(7-18)14(13)10-6-9(20)4-5-12(10)17/h4-6,14,20H,3,19H2,1-2H3. The molecule has 2 rings (SSSR count). The van der Waals surface area contributed by atoms with E-state index in [0.29, 0.717) is 10.0 Å². The Bertz CT molecular complexity index is 762. The number of aromatic hydroxyl groups is 1. The van der Waals surface area contributed by atoms with E-state index >= 15 is 0 Å². The fourth-order valence-electron chi connectivity index (χ4n) is 2.42. The Morgan fingerprint density at radius 1 is 1.57 bits per heavy atom. The van der Waals surface area contributed by atoms with Crippen LogP contribution in [0.25, 0.3) is 0 Å². The Hall–Kier alpha value is -2.46. The number of carbonyl (C=O) groups excluding carboxylic acids is 1. The molecule has 7 heteroatoms. The van der Waals surface area contributed by atoms with Crippen LogP contribution < -0.4 is 5.73 Å². The molecule has 6 nitrogen and oxygen atoms in total. The van der Waals surface area contributed by atoms with E-state index in [1.165, 1.54) is 12.1 Å². The summed E-state index contributed by atoms with van der Waals surface area (Å²) in [6.45, 7) is 3.45. The lowest BCUT2D eigenvalue weighted by molar-refractivity contribution is -0.139. The van der Waals surface area contributed by atoms with Crippen molar-refractivity contribution < 1.29 is 19.4 Å². The lowest BCUT2D eigenvalue weighted by atomic mass is 9.83. The quantitative estimate of drug-likeness (QED) is 0.783. The van der Waals surface area contributed by atoms with Crippen LogP contribution in [-0.2, 0) is 14.3 Å². The van der Waals surface area contributed by atoms with Gasteiger partial charge in [0.05, 0.1) is 18.1 Å². The molecule has 0 fully saturated rings. The van der Waals surface area contributed by atoms with Crippen LogP contribution in [0.4, 0.5) is 0 Å². The van der Waals surface area contributed by atoms with E-state index in [1.807, 2.05) is 6.07 Å². The van der Waals surface area contributed by atoms with Crippen LogP contribution >= 0.6 is 15.9 Å². The molecule has 120 valence electrons. The molecular weight excluding hydrogens is 364 g/mol. The third-order valence-corrected chi connectivity index (χ3v) is 4.11. The minimum absolute atomic E-state index is 0.00594. The molecule has 0 aliphatic carbocycles. The maximum atomic E-state index is 12.3. The third-order valence-electron chi connectivity index (χ3n) is 3.39. The molecule has 0 aromatic heterocycles. The number of carbonyl (C=O) groups is 1. The van der Waals surface area contributed by atoms with Gasteiger partial charge in [0, 0.05) is 4.47 Å². The van der Waals surface area contributed by atoms with E-state index in [-0.39, 0.29) is 35.1 Å². The molecule has 0 spiro atoms. The number of phenolic OH excluding ortho intramolecular Hbond substituents is 1. The molecule has 3 N–H and O–H groups in total. The van der Waals surface area contributed by atoms with Gasteiger partial charge in [0.15, 0.2) is 0 Å². The summed E-state index contributed by atoms with van der Waals surface area (Å²) in [5, 5.41) is 19.2. The number of halogens is 1.